The van der Waals surface area contributed by atoms with Gasteiger partial charge in [0.15, 0.2) is 6.61 Å². The van der Waals surface area contributed by atoms with E-state index in [1.54, 1.807) is 30.7 Å². The predicted molar refractivity (Wildman–Crippen MR) is 88.9 cm³/mol. The third kappa shape index (κ3) is 2.73. The van der Waals surface area contributed by atoms with Crippen molar-refractivity contribution in [1.29, 1.82) is 0 Å². The van der Waals surface area contributed by atoms with Crippen LogP contribution in [-0.2, 0) is 4.79 Å². The van der Waals surface area contributed by atoms with E-state index in [4.69, 9.17) is 16.3 Å². The largest absolute Gasteiger partial charge is 0.466 e. The molecule has 0 spiro atoms. The number of hydrogen-bond donors (Lipinski definition) is 1. The van der Waals surface area contributed by atoms with E-state index >= 15 is 0 Å². The zero-order valence-corrected chi connectivity index (χ0v) is 13.0. The second-order valence-corrected chi connectivity index (χ2v) is 5.44. The Balaban J connectivity index is 1.74. The number of hydrogen-bond acceptors (Lipinski definition) is 5. The minimum Gasteiger partial charge on any atom is -0.466 e. The first-order chi connectivity index (χ1) is 11.7. The Bertz CT molecular complexity index is 1040. The maximum Gasteiger partial charge on any atom is 0.262 e. The Morgan fingerprint density at radius 3 is 3.00 bits per heavy atom. The van der Waals surface area contributed by atoms with E-state index in [2.05, 4.69) is 32.1 Å². The predicted octanol–water partition coefficient (Wildman–Crippen LogP) is 2.41. The highest BCUT2D eigenvalue weighted by Crippen LogP contribution is 2.25. The molecule has 0 saturated carbocycles. The van der Waals surface area contributed by atoms with Gasteiger partial charge in [-0.15, -0.1) is 0 Å². The summed E-state index contributed by atoms with van der Waals surface area (Å²) < 4.78 is 5.22. The van der Waals surface area contributed by atoms with Crippen LogP contribution in [0, 0.1) is 11.8 Å². The van der Waals surface area contributed by atoms with Crippen molar-refractivity contribution in [3.63, 3.8) is 0 Å². The molecule has 4 rings (SSSR count). The van der Waals surface area contributed by atoms with Crippen molar-refractivity contribution in [2.45, 2.75) is 0 Å². The Hall–Kier alpha value is -3.17. The normalized spacial score (nSPS) is 12.6. The summed E-state index contributed by atoms with van der Waals surface area (Å²) in [6.45, 7) is -0.0280. The number of ether oxygens (including phenoxy) is 1. The second-order valence-electron chi connectivity index (χ2n) is 5.05. The van der Waals surface area contributed by atoms with Crippen LogP contribution in [0.15, 0.2) is 36.8 Å². The van der Waals surface area contributed by atoms with E-state index in [0.717, 1.165) is 10.8 Å². The Kier molecular flexibility index (Phi) is 3.48. The molecular weight excluding hydrogens is 328 g/mol. The SMILES string of the molecule is O=C1COc2ncc(C#Cc3nccc4cnc(Cl)cc34)cc2N1. The lowest BCUT2D eigenvalue weighted by molar-refractivity contribution is -0.118. The molecule has 1 aliphatic rings. The van der Waals surface area contributed by atoms with E-state index in [9.17, 15) is 4.79 Å². The summed E-state index contributed by atoms with van der Waals surface area (Å²) in [6.07, 6.45) is 4.93. The van der Waals surface area contributed by atoms with Crippen LogP contribution < -0.4 is 10.1 Å². The molecule has 1 aliphatic heterocycles. The second kappa shape index (κ2) is 5.80. The molecule has 0 radical (unpaired) electrons. The molecule has 7 heteroatoms. The first kappa shape index (κ1) is 14.4. The number of rotatable bonds is 0. The zero-order valence-electron chi connectivity index (χ0n) is 12.2. The fraction of sp³-hybridized carbons (Fsp3) is 0.0588. The number of fused-ring (bicyclic) bond motifs is 2. The molecular formula is C17H9ClN4O2. The quantitative estimate of drug-likeness (QED) is 0.504. The first-order valence-electron chi connectivity index (χ1n) is 7.04. The molecule has 4 heterocycles. The van der Waals surface area contributed by atoms with Crippen molar-refractivity contribution in [2.24, 2.45) is 0 Å². The maximum absolute atomic E-state index is 11.4. The van der Waals surface area contributed by atoms with Gasteiger partial charge in [0.05, 0.1) is 0 Å². The lowest BCUT2D eigenvalue weighted by atomic mass is 10.1. The molecule has 24 heavy (non-hydrogen) atoms. The van der Waals surface area contributed by atoms with Gasteiger partial charge >= 0.3 is 0 Å². The molecule has 3 aromatic rings. The van der Waals surface area contributed by atoms with Crippen LogP contribution in [0.4, 0.5) is 5.69 Å². The van der Waals surface area contributed by atoms with E-state index in [1.807, 2.05) is 6.07 Å². The summed E-state index contributed by atoms with van der Waals surface area (Å²) in [6, 6.07) is 5.29. The number of anilines is 1. The molecule has 0 aliphatic carbocycles. The van der Waals surface area contributed by atoms with Crippen molar-refractivity contribution < 1.29 is 9.53 Å². The number of amides is 1. The summed E-state index contributed by atoms with van der Waals surface area (Å²) in [7, 11) is 0. The van der Waals surface area contributed by atoms with Gasteiger partial charge in [-0.3, -0.25) is 4.79 Å². The minimum absolute atomic E-state index is 0.0280. The molecule has 116 valence electrons. The van der Waals surface area contributed by atoms with Crippen molar-refractivity contribution >= 4 is 34.0 Å². The van der Waals surface area contributed by atoms with Crippen LogP contribution in [0.1, 0.15) is 11.3 Å². The minimum atomic E-state index is -0.215. The molecule has 3 aromatic heterocycles. The average molecular weight is 337 g/mol. The molecule has 0 atom stereocenters. The third-order valence-electron chi connectivity index (χ3n) is 3.40. The van der Waals surface area contributed by atoms with Crippen molar-refractivity contribution in [3.05, 3.63) is 53.2 Å². The molecule has 0 fully saturated rings. The van der Waals surface area contributed by atoms with Crippen molar-refractivity contribution in [3.8, 4) is 17.7 Å². The van der Waals surface area contributed by atoms with Crippen molar-refractivity contribution in [1.82, 2.24) is 15.0 Å². The molecule has 0 unspecified atom stereocenters. The number of carbonyl (C=O) groups is 1. The molecule has 1 N–H and O–H groups in total. The van der Waals surface area contributed by atoms with Crippen LogP contribution >= 0.6 is 11.6 Å². The summed E-state index contributed by atoms with van der Waals surface area (Å²) in [4.78, 5) is 23.9. The van der Waals surface area contributed by atoms with Gasteiger partial charge in [-0.25, -0.2) is 15.0 Å². The summed E-state index contributed by atoms with van der Waals surface area (Å²) in [5.74, 6) is 6.17. The van der Waals surface area contributed by atoms with E-state index in [1.165, 1.54) is 0 Å². The van der Waals surface area contributed by atoms with E-state index in [-0.39, 0.29) is 12.5 Å². The molecule has 0 aromatic carbocycles. The number of nitrogens with zero attached hydrogens (tertiary/aromatic N) is 3. The number of nitrogens with one attached hydrogen (secondary N) is 1. The molecule has 6 nitrogen and oxygen atoms in total. The number of halogens is 1. The summed E-state index contributed by atoms with van der Waals surface area (Å²) in [5.41, 5.74) is 1.74. The van der Waals surface area contributed by atoms with Gasteiger partial charge in [0.2, 0.25) is 5.88 Å². The average Bonchev–Trinajstić information content (AvgIpc) is 2.59. The fourth-order valence-electron chi connectivity index (χ4n) is 2.32. The van der Waals surface area contributed by atoms with Gasteiger partial charge in [0, 0.05) is 34.9 Å². The zero-order chi connectivity index (χ0) is 16.5. The van der Waals surface area contributed by atoms with Crippen LogP contribution in [0.2, 0.25) is 5.15 Å². The van der Waals surface area contributed by atoms with Gasteiger partial charge in [-0.05, 0) is 24.1 Å². The fourth-order valence-corrected chi connectivity index (χ4v) is 2.47. The van der Waals surface area contributed by atoms with Gasteiger partial charge in [-0.2, -0.15) is 0 Å². The lowest BCUT2D eigenvalue weighted by Gasteiger charge is -2.16. The van der Waals surface area contributed by atoms with Gasteiger partial charge in [-0.1, -0.05) is 17.5 Å². The maximum atomic E-state index is 11.4. The highest BCUT2D eigenvalue weighted by Gasteiger charge is 2.16. The lowest BCUT2D eigenvalue weighted by Crippen LogP contribution is -2.26. The first-order valence-corrected chi connectivity index (χ1v) is 7.42. The van der Waals surface area contributed by atoms with Gasteiger partial charge in [0.1, 0.15) is 16.5 Å². The standard InChI is InChI=1S/C17H9ClN4O2/c18-15-6-12-11(8-20-15)3-4-19-13(12)2-1-10-5-14-17(21-7-10)24-9-16(23)22-14/h3-8H,9H2,(H,22,23). The van der Waals surface area contributed by atoms with Crippen molar-refractivity contribution in [2.75, 3.05) is 11.9 Å². The van der Waals surface area contributed by atoms with E-state index in [0.29, 0.717) is 28.0 Å². The van der Waals surface area contributed by atoms with Gasteiger partial charge in [0.25, 0.3) is 5.91 Å². The van der Waals surface area contributed by atoms with E-state index < -0.39 is 0 Å². The van der Waals surface area contributed by atoms with Crippen LogP contribution in [0.3, 0.4) is 0 Å². The van der Waals surface area contributed by atoms with Crippen LogP contribution in [0.25, 0.3) is 10.8 Å². The highest BCUT2D eigenvalue weighted by molar-refractivity contribution is 6.30. The number of pyridine rings is 3. The number of aromatic nitrogens is 3. The van der Waals surface area contributed by atoms with Crippen LogP contribution in [-0.4, -0.2) is 27.5 Å². The number of carbonyl (C=O) groups excluding carboxylic acids is 1. The summed E-state index contributed by atoms with van der Waals surface area (Å²) >= 11 is 5.95. The topological polar surface area (TPSA) is 77.0 Å². The Labute approximate surface area is 141 Å². The van der Waals surface area contributed by atoms with Crippen LogP contribution in [0.5, 0.6) is 5.88 Å². The smallest absolute Gasteiger partial charge is 0.262 e. The third-order valence-corrected chi connectivity index (χ3v) is 3.61. The molecule has 0 saturated heterocycles. The molecule has 1 amide bonds. The monoisotopic (exact) mass is 336 g/mol. The van der Waals surface area contributed by atoms with Gasteiger partial charge < -0.3 is 10.1 Å². The Morgan fingerprint density at radius 1 is 1.17 bits per heavy atom. The highest BCUT2D eigenvalue weighted by atomic mass is 35.5. The summed E-state index contributed by atoms with van der Waals surface area (Å²) in [5, 5.41) is 4.82. The molecule has 0 bridgehead atoms. The Morgan fingerprint density at radius 2 is 2.08 bits per heavy atom.